The number of rotatable bonds is 4. The van der Waals surface area contributed by atoms with Crippen LogP contribution >= 0.6 is 22.9 Å². The smallest absolute Gasteiger partial charge is 0.225 e. The van der Waals surface area contributed by atoms with Crippen LogP contribution in [0.2, 0.25) is 5.15 Å². The molecule has 20 heavy (non-hydrogen) atoms. The van der Waals surface area contributed by atoms with E-state index >= 15 is 0 Å². The van der Waals surface area contributed by atoms with E-state index in [2.05, 4.69) is 20.2 Å². The number of thiophene rings is 1. The molecule has 3 rings (SSSR count). The van der Waals surface area contributed by atoms with Crippen LogP contribution in [0.25, 0.3) is 10.2 Å². The first-order valence-electron chi connectivity index (χ1n) is 6.70. The van der Waals surface area contributed by atoms with Crippen LogP contribution in [-0.2, 0) is 4.74 Å². The molecule has 3 heterocycles. The van der Waals surface area contributed by atoms with Crippen molar-refractivity contribution in [3.8, 4) is 0 Å². The Balaban J connectivity index is 1.62. The van der Waals surface area contributed by atoms with Crippen molar-refractivity contribution in [1.82, 2.24) is 14.9 Å². The number of fused-ring (bicyclic) bond motifs is 1. The van der Waals surface area contributed by atoms with Crippen molar-refractivity contribution in [3.63, 3.8) is 0 Å². The molecule has 2 aromatic heterocycles. The Morgan fingerprint density at radius 3 is 3.00 bits per heavy atom. The van der Waals surface area contributed by atoms with Crippen molar-refractivity contribution in [2.75, 3.05) is 44.7 Å². The molecule has 1 aliphatic rings. The van der Waals surface area contributed by atoms with Crippen LogP contribution in [0.1, 0.15) is 4.88 Å². The van der Waals surface area contributed by atoms with Crippen LogP contribution in [0, 0.1) is 6.92 Å². The first kappa shape index (κ1) is 14.0. The van der Waals surface area contributed by atoms with Crippen molar-refractivity contribution in [2.45, 2.75) is 6.92 Å². The summed E-state index contributed by atoms with van der Waals surface area (Å²) < 4.78 is 5.33. The van der Waals surface area contributed by atoms with Gasteiger partial charge in [-0.25, -0.2) is 9.97 Å². The molecule has 0 unspecified atom stereocenters. The molecule has 0 aromatic carbocycles. The van der Waals surface area contributed by atoms with E-state index in [1.165, 1.54) is 4.88 Å². The number of ether oxygens (including phenoxy) is 1. The number of nitrogens with zero attached hydrogens (tertiary/aromatic N) is 3. The molecule has 7 heteroatoms. The van der Waals surface area contributed by atoms with Gasteiger partial charge in [0.25, 0.3) is 0 Å². The third kappa shape index (κ3) is 3.20. The second kappa shape index (κ2) is 6.22. The number of anilines is 1. The van der Waals surface area contributed by atoms with E-state index in [0.29, 0.717) is 11.1 Å². The van der Waals surface area contributed by atoms with Gasteiger partial charge in [0.1, 0.15) is 9.98 Å². The maximum absolute atomic E-state index is 6.19. The molecule has 0 amide bonds. The van der Waals surface area contributed by atoms with Crippen molar-refractivity contribution in [2.24, 2.45) is 0 Å². The molecule has 1 aliphatic heterocycles. The van der Waals surface area contributed by atoms with Gasteiger partial charge in [-0.3, -0.25) is 4.90 Å². The average molecular weight is 313 g/mol. The molecule has 0 radical (unpaired) electrons. The van der Waals surface area contributed by atoms with Crippen LogP contribution in [-0.4, -0.2) is 54.3 Å². The monoisotopic (exact) mass is 312 g/mol. The van der Waals surface area contributed by atoms with Crippen molar-refractivity contribution in [3.05, 3.63) is 16.1 Å². The normalized spacial score (nSPS) is 16.7. The van der Waals surface area contributed by atoms with E-state index in [0.717, 1.165) is 49.6 Å². The Hall–Kier alpha value is -0.950. The molecule has 1 N–H and O–H groups in total. The fraction of sp³-hybridized carbons (Fsp3) is 0.538. The fourth-order valence-electron chi connectivity index (χ4n) is 2.24. The summed E-state index contributed by atoms with van der Waals surface area (Å²) in [5.74, 6) is 0.609. The van der Waals surface area contributed by atoms with Crippen molar-refractivity contribution >= 4 is 39.1 Å². The summed E-state index contributed by atoms with van der Waals surface area (Å²) in [4.78, 5) is 13.3. The number of halogens is 1. The number of hydrogen-bond acceptors (Lipinski definition) is 6. The van der Waals surface area contributed by atoms with Crippen LogP contribution in [0.3, 0.4) is 0 Å². The molecule has 0 bridgehead atoms. The molecule has 0 atom stereocenters. The minimum atomic E-state index is 0.522. The van der Waals surface area contributed by atoms with Gasteiger partial charge in [-0.05, 0) is 13.0 Å². The lowest BCUT2D eigenvalue weighted by atomic mass is 10.4. The molecule has 0 aliphatic carbocycles. The second-order valence-corrected chi connectivity index (χ2v) is 6.39. The first-order chi connectivity index (χ1) is 9.72. The van der Waals surface area contributed by atoms with Gasteiger partial charge in [0.15, 0.2) is 0 Å². The van der Waals surface area contributed by atoms with Crippen molar-refractivity contribution < 1.29 is 4.74 Å². The molecule has 0 spiro atoms. The SMILES string of the molecule is Cc1cc2c(Cl)nc(NCCN3CCOCC3)nc2s1. The highest BCUT2D eigenvalue weighted by molar-refractivity contribution is 7.18. The van der Waals surface area contributed by atoms with Crippen molar-refractivity contribution in [1.29, 1.82) is 0 Å². The molecular weight excluding hydrogens is 296 g/mol. The van der Waals surface area contributed by atoms with E-state index in [-0.39, 0.29) is 0 Å². The topological polar surface area (TPSA) is 50.3 Å². The maximum atomic E-state index is 6.19. The third-order valence-electron chi connectivity index (χ3n) is 3.28. The zero-order valence-corrected chi connectivity index (χ0v) is 12.9. The van der Waals surface area contributed by atoms with Crippen LogP contribution in [0.15, 0.2) is 6.07 Å². The van der Waals surface area contributed by atoms with Gasteiger partial charge in [0.2, 0.25) is 5.95 Å². The van der Waals surface area contributed by atoms with E-state index in [1.54, 1.807) is 11.3 Å². The summed E-state index contributed by atoms with van der Waals surface area (Å²) in [6, 6.07) is 2.03. The Bertz CT molecular complexity index is 597. The fourth-order valence-corrected chi connectivity index (χ4v) is 3.40. The molecule has 5 nitrogen and oxygen atoms in total. The number of aromatic nitrogens is 2. The zero-order valence-electron chi connectivity index (χ0n) is 11.4. The van der Waals surface area contributed by atoms with Crippen LogP contribution < -0.4 is 5.32 Å². The Labute approximate surface area is 126 Å². The number of morpholine rings is 1. The van der Waals surface area contributed by atoms with E-state index in [9.17, 15) is 0 Å². The minimum absolute atomic E-state index is 0.522. The maximum Gasteiger partial charge on any atom is 0.225 e. The predicted octanol–water partition coefficient (Wildman–Crippen LogP) is 2.40. The second-order valence-electron chi connectivity index (χ2n) is 4.79. The Kier molecular flexibility index (Phi) is 4.35. The zero-order chi connectivity index (χ0) is 13.9. The lowest BCUT2D eigenvalue weighted by Gasteiger charge is -2.26. The molecule has 108 valence electrons. The van der Waals surface area contributed by atoms with E-state index in [4.69, 9.17) is 16.3 Å². The molecular formula is C13H17ClN4OS. The van der Waals surface area contributed by atoms with Gasteiger partial charge < -0.3 is 10.1 Å². The third-order valence-corrected chi connectivity index (χ3v) is 4.52. The lowest BCUT2D eigenvalue weighted by molar-refractivity contribution is 0.0398. The van der Waals surface area contributed by atoms with Gasteiger partial charge in [-0.2, -0.15) is 0 Å². The summed E-state index contributed by atoms with van der Waals surface area (Å²) in [7, 11) is 0. The summed E-state index contributed by atoms with van der Waals surface area (Å²) in [6.45, 7) is 7.46. The van der Waals surface area contributed by atoms with Gasteiger partial charge in [-0.15, -0.1) is 11.3 Å². The molecule has 1 saturated heterocycles. The highest BCUT2D eigenvalue weighted by Crippen LogP contribution is 2.29. The van der Waals surface area contributed by atoms with Gasteiger partial charge in [0, 0.05) is 36.4 Å². The summed E-state index contributed by atoms with van der Waals surface area (Å²) in [6.07, 6.45) is 0. The van der Waals surface area contributed by atoms with E-state index < -0.39 is 0 Å². The largest absolute Gasteiger partial charge is 0.379 e. The lowest BCUT2D eigenvalue weighted by Crippen LogP contribution is -2.39. The first-order valence-corrected chi connectivity index (χ1v) is 7.89. The Morgan fingerprint density at radius 2 is 2.20 bits per heavy atom. The number of hydrogen-bond donors (Lipinski definition) is 1. The Morgan fingerprint density at radius 1 is 1.40 bits per heavy atom. The van der Waals surface area contributed by atoms with E-state index in [1.807, 2.05) is 13.0 Å². The molecule has 1 fully saturated rings. The molecule has 2 aromatic rings. The number of aryl methyl sites for hydroxylation is 1. The minimum Gasteiger partial charge on any atom is -0.379 e. The van der Waals surface area contributed by atoms with Gasteiger partial charge in [0.05, 0.1) is 13.2 Å². The summed E-state index contributed by atoms with van der Waals surface area (Å²) >= 11 is 7.83. The predicted molar refractivity (Wildman–Crippen MR) is 82.9 cm³/mol. The summed E-state index contributed by atoms with van der Waals surface area (Å²) in [5.41, 5.74) is 0. The van der Waals surface area contributed by atoms with Crippen LogP contribution in [0.4, 0.5) is 5.95 Å². The molecule has 0 saturated carbocycles. The van der Waals surface area contributed by atoms with Gasteiger partial charge in [-0.1, -0.05) is 11.6 Å². The highest BCUT2D eigenvalue weighted by Gasteiger charge is 2.11. The summed E-state index contributed by atoms with van der Waals surface area (Å²) in [5, 5.41) is 4.71. The highest BCUT2D eigenvalue weighted by atomic mass is 35.5. The number of nitrogens with one attached hydrogen (secondary N) is 1. The standard InChI is InChI=1S/C13H17ClN4OS/c1-9-8-10-11(14)16-13(17-12(10)20-9)15-2-3-18-4-6-19-7-5-18/h8H,2-7H2,1H3,(H,15,16,17). The quantitative estimate of drug-likeness (QED) is 0.879. The van der Waals surface area contributed by atoms with Gasteiger partial charge >= 0.3 is 0 Å². The van der Waals surface area contributed by atoms with Crippen LogP contribution in [0.5, 0.6) is 0 Å². The average Bonchev–Trinajstić information content (AvgIpc) is 2.81.